The zero-order valence-corrected chi connectivity index (χ0v) is 16.8. The Labute approximate surface area is 174 Å². The van der Waals surface area contributed by atoms with E-state index in [1.165, 1.54) is 0 Å². The lowest BCUT2D eigenvalue weighted by Crippen LogP contribution is -2.25. The van der Waals surface area contributed by atoms with E-state index in [0.29, 0.717) is 23.5 Å². The largest absolute Gasteiger partial charge is 0.349 e. The van der Waals surface area contributed by atoms with Crippen LogP contribution in [0.2, 0.25) is 0 Å². The third-order valence-corrected chi connectivity index (χ3v) is 4.86. The van der Waals surface area contributed by atoms with Crippen LogP contribution in [0.15, 0.2) is 66.9 Å². The minimum absolute atomic E-state index is 0.264. The van der Waals surface area contributed by atoms with Crippen molar-refractivity contribution in [3.8, 4) is 0 Å². The lowest BCUT2D eigenvalue weighted by molar-refractivity contribution is 0.0947. The number of benzene rings is 2. The minimum Gasteiger partial charge on any atom is -0.349 e. The van der Waals surface area contributed by atoms with Crippen molar-refractivity contribution >= 4 is 28.4 Å². The van der Waals surface area contributed by atoms with E-state index in [4.69, 9.17) is 0 Å². The summed E-state index contributed by atoms with van der Waals surface area (Å²) in [6.07, 6.45) is 1.68. The fraction of sp³-hybridized carbons (Fsp3) is 0.125. The fourth-order valence-electron chi connectivity index (χ4n) is 3.34. The molecular weight excluding hydrogens is 376 g/mol. The molecule has 0 spiro atoms. The summed E-state index contributed by atoms with van der Waals surface area (Å²) >= 11 is 0. The first-order chi connectivity index (χ1) is 14.5. The van der Waals surface area contributed by atoms with Gasteiger partial charge in [-0.05, 0) is 50.2 Å². The molecule has 0 unspecified atom stereocenters. The normalized spacial score (nSPS) is 10.7. The molecule has 2 aromatic carbocycles. The number of aromatic nitrogens is 2. The topological polar surface area (TPSA) is 86.9 Å². The van der Waals surface area contributed by atoms with Gasteiger partial charge in [-0.1, -0.05) is 35.4 Å². The average molecular weight is 398 g/mol. The highest BCUT2D eigenvalue weighted by Gasteiger charge is 2.20. The van der Waals surface area contributed by atoms with Gasteiger partial charge < -0.3 is 15.6 Å². The maximum atomic E-state index is 12.9. The summed E-state index contributed by atoms with van der Waals surface area (Å²) in [7, 11) is 0. The number of aryl methyl sites for hydroxylation is 2. The van der Waals surface area contributed by atoms with Crippen molar-refractivity contribution in [1.82, 2.24) is 15.3 Å². The van der Waals surface area contributed by atoms with E-state index in [0.717, 1.165) is 27.7 Å². The van der Waals surface area contributed by atoms with Crippen molar-refractivity contribution in [2.75, 3.05) is 5.32 Å². The Morgan fingerprint density at radius 3 is 2.53 bits per heavy atom. The van der Waals surface area contributed by atoms with Gasteiger partial charge in [0, 0.05) is 22.7 Å². The molecule has 0 aliphatic heterocycles. The van der Waals surface area contributed by atoms with E-state index in [-0.39, 0.29) is 11.8 Å². The number of carbonyl (C=O) groups is 2. The number of aromatic amines is 1. The van der Waals surface area contributed by atoms with Gasteiger partial charge in [-0.2, -0.15) is 0 Å². The number of hydrogen-bond acceptors (Lipinski definition) is 3. The molecule has 0 fully saturated rings. The van der Waals surface area contributed by atoms with E-state index < -0.39 is 0 Å². The predicted octanol–water partition coefficient (Wildman–Crippen LogP) is 4.36. The lowest BCUT2D eigenvalue weighted by Gasteiger charge is -2.09. The van der Waals surface area contributed by atoms with Gasteiger partial charge in [-0.15, -0.1) is 0 Å². The van der Waals surface area contributed by atoms with Crippen LogP contribution in [-0.2, 0) is 6.54 Å². The standard InChI is InChI=1S/C24H22N4O2/c1-15-6-5-7-17(12-15)23(29)28-21-19-13-16(2)9-10-20(19)27-22(21)24(30)26-14-18-8-3-4-11-25-18/h3-13,27H,14H2,1-2H3,(H,26,30)(H,28,29). The third-order valence-electron chi connectivity index (χ3n) is 4.86. The van der Waals surface area contributed by atoms with Gasteiger partial charge in [0.15, 0.2) is 0 Å². The summed E-state index contributed by atoms with van der Waals surface area (Å²) in [4.78, 5) is 33.2. The van der Waals surface area contributed by atoms with E-state index in [1.54, 1.807) is 12.3 Å². The van der Waals surface area contributed by atoms with Gasteiger partial charge in [-0.3, -0.25) is 14.6 Å². The molecule has 3 N–H and O–H groups in total. The van der Waals surface area contributed by atoms with Crippen LogP contribution in [-0.4, -0.2) is 21.8 Å². The van der Waals surface area contributed by atoms with Crippen LogP contribution in [0.5, 0.6) is 0 Å². The van der Waals surface area contributed by atoms with E-state index >= 15 is 0 Å². The number of nitrogens with one attached hydrogen (secondary N) is 3. The zero-order chi connectivity index (χ0) is 21.1. The van der Waals surface area contributed by atoms with Gasteiger partial charge in [-0.25, -0.2) is 0 Å². The minimum atomic E-state index is -0.311. The first kappa shape index (κ1) is 19.4. The number of rotatable bonds is 5. The average Bonchev–Trinajstić information content (AvgIpc) is 3.10. The molecule has 0 saturated heterocycles. The van der Waals surface area contributed by atoms with Crippen molar-refractivity contribution in [1.29, 1.82) is 0 Å². The summed E-state index contributed by atoms with van der Waals surface area (Å²) in [5.74, 6) is -0.575. The quantitative estimate of drug-likeness (QED) is 0.467. The second kappa shape index (κ2) is 8.21. The third kappa shape index (κ3) is 4.07. The van der Waals surface area contributed by atoms with Crippen LogP contribution >= 0.6 is 0 Å². The Morgan fingerprint density at radius 1 is 0.933 bits per heavy atom. The molecule has 0 radical (unpaired) electrons. The van der Waals surface area contributed by atoms with Gasteiger partial charge in [0.1, 0.15) is 5.69 Å². The lowest BCUT2D eigenvalue weighted by atomic mass is 10.1. The summed E-state index contributed by atoms with van der Waals surface area (Å²) in [6, 6.07) is 18.7. The smallest absolute Gasteiger partial charge is 0.270 e. The molecule has 6 heteroatoms. The highest BCUT2D eigenvalue weighted by Crippen LogP contribution is 2.29. The Kier molecular flexibility index (Phi) is 5.30. The van der Waals surface area contributed by atoms with Crippen LogP contribution < -0.4 is 10.6 Å². The molecule has 30 heavy (non-hydrogen) atoms. The molecule has 0 aliphatic carbocycles. The summed E-state index contributed by atoms with van der Waals surface area (Å²) in [5.41, 5.74) is 4.88. The number of carbonyl (C=O) groups excluding carboxylic acids is 2. The molecule has 2 aromatic heterocycles. The summed E-state index contributed by atoms with van der Waals surface area (Å²) in [6.45, 7) is 4.20. The van der Waals surface area contributed by atoms with Crippen molar-refractivity contribution < 1.29 is 9.59 Å². The number of nitrogens with zero attached hydrogens (tertiary/aromatic N) is 1. The van der Waals surface area contributed by atoms with Crippen molar-refractivity contribution in [3.63, 3.8) is 0 Å². The number of H-pyrrole nitrogens is 1. The number of hydrogen-bond donors (Lipinski definition) is 3. The van der Waals surface area contributed by atoms with Crippen LogP contribution in [0.1, 0.15) is 37.7 Å². The molecule has 4 rings (SSSR count). The molecule has 0 saturated carbocycles. The van der Waals surface area contributed by atoms with Gasteiger partial charge >= 0.3 is 0 Å². The van der Waals surface area contributed by atoms with Gasteiger partial charge in [0.25, 0.3) is 11.8 Å². The molecule has 6 nitrogen and oxygen atoms in total. The highest BCUT2D eigenvalue weighted by molar-refractivity contribution is 6.15. The van der Waals surface area contributed by atoms with E-state index in [9.17, 15) is 9.59 Å². The molecule has 0 bridgehead atoms. The monoisotopic (exact) mass is 398 g/mol. The number of pyridine rings is 1. The molecule has 4 aromatic rings. The zero-order valence-electron chi connectivity index (χ0n) is 16.8. The maximum absolute atomic E-state index is 12.9. The summed E-state index contributed by atoms with van der Waals surface area (Å²) in [5, 5.41) is 6.60. The second-order valence-corrected chi connectivity index (χ2v) is 7.25. The SMILES string of the molecule is Cc1cccc(C(=O)Nc2c(C(=O)NCc3ccccn3)[nH]c3ccc(C)cc23)c1. The summed E-state index contributed by atoms with van der Waals surface area (Å²) < 4.78 is 0. The van der Waals surface area contributed by atoms with E-state index in [2.05, 4.69) is 20.6 Å². The van der Waals surface area contributed by atoms with Crippen molar-refractivity contribution in [2.45, 2.75) is 20.4 Å². The molecule has 0 aliphatic rings. The van der Waals surface area contributed by atoms with Crippen molar-refractivity contribution in [2.24, 2.45) is 0 Å². The Balaban J connectivity index is 1.67. The first-order valence-corrected chi connectivity index (χ1v) is 9.70. The molecule has 2 amide bonds. The number of anilines is 1. The molecular formula is C24H22N4O2. The molecule has 0 atom stereocenters. The first-order valence-electron chi connectivity index (χ1n) is 9.70. The Morgan fingerprint density at radius 2 is 1.77 bits per heavy atom. The number of amides is 2. The van der Waals surface area contributed by atoms with Crippen LogP contribution in [0, 0.1) is 13.8 Å². The van der Waals surface area contributed by atoms with Crippen molar-refractivity contribution in [3.05, 3.63) is 94.9 Å². The van der Waals surface area contributed by atoms with Gasteiger partial charge in [0.2, 0.25) is 0 Å². The predicted molar refractivity (Wildman–Crippen MR) is 118 cm³/mol. The Bertz CT molecular complexity index is 1230. The van der Waals surface area contributed by atoms with Crippen LogP contribution in [0.3, 0.4) is 0 Å². The number of fused-ring (bicyclic) bond motifs is 1. The van der Waals surface area contributed by atoms with Crippen LogP contribution in [0.4, 0.5) is 5.69 Å². The van der Waals surface area contributed by atoms with E-state index in [1.807, 2.05) is 68.4 Å². The molecule has 2 heterocycles. The fourth-order valence-corrected chi connectivity index (χ4v) is 3.34. The highest BCUT2D eigenvalue weighted by atomic mass is 16.2. The maximum Gasteiger partial charge on any atom is 0.270 e. The Hall–Kier alpha value is -3.93. The van der Waals surface area contributed by atoms with Crippen LogP contribution in [0.25, 0.3) is 10.9 Å². The van der Waals surface area contributed by atoms with Gasteiger partial charge in [0.05, 0.1) is 17.9 Å². The molecule has 150 valence electrons. The second-order valence-electron chi connectivity index (χ2n) is 7.25.